The highest BCUT2D eigenvalue weighted by Gasteiger charge is 2.51. The van der Waals surface area contributed by atoms with Crippen LogP contribution in [0, 0.1) is 5.92 Å². The van der Waals surface area contributed by atoms with E-state index in [1.165, 1.54) is 11.5 Å². The van der Waals surface area contributed by atoms with Crippen molar-refractivity contribution in [3.8, 4) is 11.3 Å². The monoisotopic (exact) mass is 554 g/mol. The predicted octanol–water partition coefficient (Wildman–Crippen LogP) is 6.54. The Morgan fingerprint density at radius 1 is 0.825 bits per heavy atom. The fourth-order valence-corrected chi connectivity index (χ4v) is 6.59. The van der Waals surface area contributed by atoms with Gasteiger partial charge in [-0.15, -0.1) is 5.10 Å². The zero-order valence-corrected chi connectivity index (χ0v) is 22.8. The molecule has 0 radical (unpaired) electrons. The third kappa shape index (κ3) is 5.42. The summed E-state index contributed by atoms with van der Waals surface area (Å²) in [6, 6.07) is 28.5. The number of nitrogens with zero attached hydrogens (tertiary/aromatic N) is 4. The molecule has 9 heteroatoms. The molecule has 3 atom stereocenters. The summed E-state index contributed by atoms with van der Waals surface area (Å²) in [6.07, 6.45) is 1.70. The zero-order chi connectivity index (χ0) is 27.3. The van der Waals surface area contributed by atoms with Gasteiger partial charge in [0.1, 0.15) is 23.9 Å². The van der Waals surface area contributed by atoms with Crippen molar-refractivity contribution in [2.75, 3.05) is 11.4 Å². The van der Waals surface area contributed by atoms with Crippen molar-refractivity contribution in [3.63, 3.8) is 0 Å². The molecular weight excluding hydrogens is 524 g/mol. The standard InChI is InChI=1S/C31H30N4O4S/c36-30(38-20-22-10-4-1-5-11-22)34-19-18-25-16-17-26(28(25)34)35(31(37)39-21-23-12-6-2-7-13-23)29-27(32-33-40-29)24-14-8-3-9-15-24/h1-15,25-26,28H,16-21H2/t25-,26+,28+/m1/s1. The molecule has 2 amide bonds. The predicted molar refractivity (Wildman–Crippen MR) is 153 cm³/mol. The summed E-state index contributed by atoms with van der Waals surface area (Å²) >= 11 is 1.17. The van der Waals surface area contributed by atoms with Gasteiger partial charge in [-0.25, -0.2) is 9.59 Å². The molecular formula is C31H30N4O4S. The minimum atomic E-state index is -0.470. The quantitative estimate of drug-likeness (QED) is 0.258. The van der Waals surface area contributed by atoms with E-state index in [-0.39, 0.29) is 37.3 Å². The van der Waals surface area contributed by atoms with Crippen molar-refractivity contribution < 1.29 is 19.1 Å². The van der Waals surface area contributed by atoms with Gasteiger partial charge in [-0.2, -0.15) is 0 Å². The van der Waals surface area contributed by atoms with E-state index in [4.69, 9.17) is 9.47 Å². The summed E-state index contributed by atoms with van der Waals surface area (Å²) in [6.45, 7) is 0.948. The van der Waals surface area contributed by atoms with Crippen LogP contribution in [0.1, 0.15) is 30.4 Å². The second kappa shape index (κ2) is 11.9. The zero-order valence-electron chi connectivity index (χ0n) is 22.0. The Kier molecular flexibility index (Phi) is 7.72. The largest absolute Gasteiger partial charge is 0.445 e. The lowest BCUT2D eigenvalue weighted by Crippen LogP contribution is -2.52. The number of amides is 2. The van der Waals surface area contributed by atoms with Gasteiger partial charge in [0, 0.05) is 23.6 Å². The molecule has 1 aliphatic carbocycles. The number of fused-ring (bicyclic) bond motifs is 1. The molecule has 0 spiro atoms. The molecule has 2 heterocycles. The van der Waals surface area contributed by atoms with Gasteiger partial charge in [-0.05, 0) is 36.3 Å². The van der Waals surface area contributed by atoms with Crippen LogP contribution in [0.4, 0.5) is 14.6 Å². The molecule has 0 unspecified atom stereocenters. The maximum Gasteiger partial charge on any atom is 0.415 e. The van der Waals surface area contributed by atoms with E-state index in [1.54, 1.807) is 9.80 Å². The molecule has 8 nitrogen and oxygen atoms in total. The first-order valence-electron chi connectivity index (χ1n) is 13.5. The third-order valence-electron chi connectivity index (χ3n) is 7.72. The van der Waals surface area contributed by atoms with Crippen LogP contribution in [0.25, 0.3) is 11.3 Å². The van der Waals surface area contributed by atoms with E-state index in [1.807, 2.05) is 91.0 Å². The van der Waals surface area contributed by atoms with Crippen molar-refractivity contribution >= 4 is 28.7 Å². The average Bonchev–Trinajstić information content (AvgIpc) is 3.75. The number of likely N-dealkylation sites (tertiary alicyclic amines) is 1. The Labute approximate surface area is 237 Å². The Bertz CT molecular complexity index is 1430. The van der Waals surface area contributed by atoms with E-state index in [0.717, 1.165) is 36.0 Å². The topological polar surface area (TPSA) is 84.9 Å². The number of anilines is 1. The van der Waals surface area contributed by atoms with Gasteiger partial charge >= 0.3 is 12.2 Å². The van der Waals surface area contributed by atoms with Crippen molar-refractivity contribution in [2.45, 2.75) is 44.6 Å². The van der Waals surface area contributed by atoms with Crippen molar-refractivity contribution in [2.24, 2.45) is 5.92 Å². The average molecular weight is 555 g/mol. The van der Waals surface area contributed by atoms with Gasteiger partial charge < -0.3 is 14.4 Å². The number of carbonyl (C=O) groups is 2. The number of benzene rings is 3. The molecule has 0 N–H and O–H groups in total. The minimum absolute atomic E-state index is 0.146. The van der Waals surface area contributed by atoms with Gasteiger partial charge in [-0.1, -0.05) is 95.5 Å². The SMILES string of the molecule is O=C(OCc1ccccc1)N1CC[C@H]2CC[C@H](N(C(=O)OCc3ccccc3)c3snnc3-c3ccccc3)[C@H]21. The van der Waals surface area contributed by atoms with Crippen LogP contribution in [-0.4, -0.2) is 45.3 Å². The van der Waals surface area contributed by atoms with E-state index >= 15 is 0 Å². The molecule has 1 aromatic heterocycles. The molecule has 2 aliphatic rings. The van der Waals surface area contributed by atoms with Gasteiger partial charge in [0.25, 0.3) is 0 Å². The van der Waals surface area contributed by atoms with Crippen molar-refractivity contribution in [3.05, 3.63) is 102 Å². The molecule has 2 fully saturated rings. The lowest BCUT2D eigenvalue weighted by atomic mass is 10.0. The number of aromatic nitrogens is 2. The van der Waals surface area contributed by atoms with Crippen LogP contribution in [0.5, 0.6) is 0 Å². The molecule has 40 heavy (non-hydrogen) atoms. The molecule has 1 saturated carbocycles. The maximum atomic E-state index is 13.9. The normalized spacial score (nSPS) is 19.7. The smallest absolute Gasteiger partial charge is 0.415 e. The second-order valence-corrected chi connectivity index (χ2v) is 10.9. The van der Waals surface area contributed by atoms with Gasteiger partial charge in [0.2, 0.25) is 0 Å². The highest BCUT2D eigenvalue weighted by molar-refractivity contribution is 7.10. The molecule has 204 valence electrons. The fourth-order valence-electron chi connectivity index (χ4n) is 5.85. The number of hydrogen-bond donors (Lipinski definition) is 0. The van der Waals surface area contributed by atoms with Crippen molar-refractivity contribution in [1.29, 1.82) is 0 Å². The summed E-state index contributed by atoms with van der Waals surface area (Å²) in [7, 11) is 0. The first-order valence-corrected chi connectivity index (χ1v) is 14.3. The highest BCUT2D eigenvalue weighted by Crippen LogP contribution is 2.44. The Morgan fingerprint density at radius 2 is 1.45 bits per heavy atom. The van der Waals surface area contributed by atoms with E-state index in [2.05, 4.69) is 9.59 Å². The number of rotatable bonds is 7. The van der Waals surface area contributed by atoms with E-state index in [0.29, 0.717) is 17.2 Å². The first kappa shape index (κ1) is 26.0. The fraction of sp³-hybridized carbons (Fsp3) is 0.290. The number of ether oxygens (including phenoxy) is 2. The molecule has 1 aliphatic heterocycles. The molecule has 4 aromatic rings. The number of hydrogen-bond acceptors (Lipinski definition) is 7. The molecule has 6 rings (SSSR count). The summed E-state index contributed by atoms with van der Waals surface area (Å²) in [4.78, 5) is 30.7. The number of carbonyl (C=O) groups excluding carboxylic acids is 2. The summed E-state index contributed by atoms with van der Waals surface area (Å²) < 4.78 is 15.8. The minimum Gasteiger partial charge on any atom is -0.445 e. The summed E-state index contributed by atoms with van der Waals surface area (Å²) in [5, 5.41) is 5.02. The molecule has 3 aromatic carbocycles. The lowest BCUT2D eigenvalue weighted by molar-refractivity contribution is 0.0860. The Balaban J connectivity index is 1.28. The lowest BCUT2D eigenvalue weighted by Gasteiger charge is -2.35. The second-order valence-electron chi connectivity index (χ2n) is 10.1. The van der Waals surface area contributed by atoms with Crippen LogP contribution in [0.2, 0.25) is 0 Å². The van der Waals surface area contributed by atoms with Crippen LogP contribution in [0.15, 0.2) is 91.0 Å². The van der Waals surface area contributed by atoms with Crippen LogP contribution in [-0.2, 0) is 22.7 Å². The summed E-state index contributed by atoms with van der Waals surface area (Å²) in [5.74, 6) is 0.278. The summed E-state index contributed by atoms with van der Waals surface area (Å²) in [5.41, 5.74) is 3.33. The van der Waals surface area contributed by atoms with Gasteiger partial charge in [0.05, 0.1) is 12.1 Å². The van der Waals surface area contributed by atoms with Crippen LogP contribution >= 0.6 is 11.5 Å². The third-order valence-corrected chi connectivity index (χ3v) is 8.45. The van der Waals surface area contributed by atoms with E-state index in [9.17, 15) is 9.59 Å². The maximum absolute atomic E-state index is 13.9. The van der Waals surface area contributed by atoms with Crippen LogP contribution in [0.3, 0.4) is 0 Å². The van der Waals surface area contributed by atoms with Crippen LogP contribution < -0.4 is 4.90 Å². The van der Waals surface area contributed by atoms with Gasteiger partial charge in [0.15, 0.2) is 0 Å². The Morgan fingerprint density at radius 3 is 2.12 bits per heavy atom. The Hall–Kier alpha value is -4.24. The van der Waals surface area contributed by atoms with E-state index < -0.39 is 6.09 Å². The molecule has 0 bridgehead atoms. The molecule has 1 saturated heterocycles. The highest BCUT2D eigenvalue weighted by atomic mass is 32.1. The van der Waals surface area contributed by atoms with Gasteiger partial charge in [-0.3, -0.25) is 4.90 Å². The van der Waals surface area contributed by atoms with Crippen molar-refractivity contribution in [1.82, 2.24) is 14.5 Å². The first-order chi connectivity index (χ1) is 19.7.